The van der Waals surface area contributed by atoms with Gasteiger partial charge in [0.1, 0.15) is 0 Å². The number of ether oxygens (including phenoxy) is 2. The summed E-state index contributed by atoms with van der Waals surface area (Å²) in [5, 5.41) is 8.88. The van der Waals surface area contributed by atoms with Crippen LogP contribution in [0.25, 0.3) is 0 Å². The highest BCUT2D eigenvalue weighted by atomic mass is 35.5. The monoisotopic (exact) mass is 415 g/mol. The average Bonchev–Trinajstić information content (AvgIpc) is 2.69. The first kappa shape index (κ1) is 20.5. The lowest BCUT2D eigenvalue weighted by Crippen LogP contribution is -2.45. The summed E-state index contributed by atoms with van der Waals surface area (Å²) in [6.07, 6.45) is 0. The summed E-state index contributed by atoms with van der Waals surface area (Å²) >= 11 is 5.90. The number of hydrogen-bond acceptors (Lipinski definition) is 4. The largest absolute Gasteiger partial charge is 0.493 e. The van der Waals surface area contributed by atoms with E-state index < -0.39 is 6.04 Å². The molecular weight excluding hydrogens is 394 g/mol. The SMILES string of the molecule is CCOc1ccc([C@@H]2NC(=O)NC(C)=C2C(=O)Nc2ccc(Cl)cc2)cc1OC. The Morgan fingerprint density at radius 2 is 1.90 bits per heavy atom. The molecule has 1 aliphatic heterocycles. The molecule has 152 valence electrons. The molecule has 7 nitrogen and oxygen atoms in total. The summed E-state index contributed by atoms with van der Waals surface area (Å²) in [5.74, 6) is 0.772. The Morgan fingerprint density at radius 3 is 2.55 bits per heavy atom. The van der Waals surface area contributed by atoms with Crippen molar-refractivity contribution in [2.75, 3.05) is 19.0 Å². The summed E-state index contributed by atoms with van der Waals surface area (Å²) < 4.78 is 11.0. The Bertz CT molecular complexity index is 957. The zero-order valence-electron chi connectivity index (χ0n) is 16.3. The molecule has 0 aliphatic carbocycles. The average molecular weight is 416 g/mol. The molecule has 3 rings (SSSR count). The second-order valence-electron chi connectivity index (χ2n) is 6.37. The highest BCUT2D eigenvalue weighted by molar-refractivity contribution is 6.30. The van der Waals surface area contributed by atoms with Crippen LogP contribution in [-0.4, -0.2) is 25.7 Å². The zero-order valence-corrected chi connectivity index (χ0v) is 17.1. The number of hydrogen-bond donors (Lipinski definition) is 3. The van der Waals surface area contributed by atoms with Gasteiger partial charge in [0, 0.05) is 16.4 Å². The molecule has 0 radical (unpaired) electrons. The Kier molecular flexibility index (Phi) is 6.29. The van der Waals surface area contributed by atoms with E-state index in [1.54, 1.807) is 49.4 Å². The molecule has 0 spiro atoms. The van der Waals surface area contributed by atoms with Crippen LogP contribution in [0, 0.1) is 0 Å². The van der Waals surface area contributed by atoms with Crippen molar-refractivity contribution in [2.24, 2.45) is 0 Å². The summed E-state index contributed by atoms with van der Waals surface area (Å²) in [5.41, 5.74) is 2.16. The number of allylic oxidation sites excluding steroid dienone is 1. The first-order valence-electron chi connectivity index (χ1n) is 9.08. The summed E-state index contributed by atoms with van der Waals surface area (Å²) in [6, 6.07) is 11.1. The van der Waals surface area contributed by atoms with Crippen molar-refractivity contribution < 1.29 is 19.1 Å². The molecule has 29 heavy (non-hydrogen) atoms. The van der Waals surface area contributed by atoms with Gasteiger partial charge in [-0.2, -0.15) is 0 Å². The van der Waals surface area contributed by atoms with E-state index >= 15 is 0 Å². The second kappa shape index (κ2) is 8.87. The number of amides is 3. The third-order valence-corrected chi connectivity index (χ3v) is 4.69. The first-order valence-corrected chi connectivity index (χ1v) is 9.46. The molecular formula is C21H22ClN3O4. The molecule has 2 aromatic carbocycles. The van der Waals surface area contributed by atoms with Crippen LogP contribution in [0.1, 0.15) is 25.5 Å². The third-order valence-electron chi connectivity index (χ3n) is 4.44. The molecule has 0 bridgehead atoms. The zero-order chi connectivity index (χ0) is 21.0. The van der Waals surface area contributed by atoms with Gasteiger partial charge >= 0.3 is 6.03 Å². The standard InChI is InChI=1S/C21H22ClN3O4/c1-4-29-16-10-5-13(11-17(16)28-3)19-18(12(2)23-21(27)25-19)20(26)24-15-8-6-14(22)7-9-15/h5-11,19H,4H2,1-3H3,(H,24,26)(H2,23,25,27)/t19-/m0/s1. The number of urea groups is 1. The Hall–Kier alpha value is -3.19. The molecule has 3 N–H and O–H groups in total. The van der Waals surface area contributed by atoms with E-state index in [9.17, 15) is 9.59 Å². The quantitative estimate of drug-likeness (QED) is 0.665. The second-order valence-corrected chi connectivity index (χ2v) is 6.81. The molecule has 0 unspecified atom stereocenters. The van der Waals surface area contributed by atoms with Crippen LogP contribution in [0.2, 0.25) is 5.02 Å². The van der Waals surface area contributed by atoms with Gasteiger partial charge in [0.25, 0.3) is 5.91 Å². The predicted octanol–water partition coefficient (Wildman–Crippen LogP) is 4.01. The van der Waals surface area contributed by atoms with Crippen molar-refractivity contribution in [3.8, 4) is 11.5 Å². The number of halogens is 1. The van der Waals surface area contributed by atoms with Gasteiger partial charge in [0.15, 0.2) is 11.5 Å². The van der Waals surface area contributed by atoms with Crippen molar-refractivity contribution >= 4 is 29.2 Å². The molecule has 1 aliphatic rings. The van der Waals surface area contributed by atoms with Gasteiger partial charge in [-0.05, 0) is 55.8 Å². The van der Waals surface area contributed by atoms with E-state index in [2.05, 4.69) is 16.0 Å². The minimum atomic E-state index is -0.652. The van der Waals surface area contributed by atoms with Gasteiger partial charge in [-0.15, -0.1) is 0 Å². The third kappa shape index (κ3) is 4.63. The predicted molar refractivity (Wildman–Crippen MR) is 111 cm³/mol. The molecule has 2 aromatic rings. The Morgan fingerprint density at radius 1 is 1.17 bits per heavy atom. The van der Waals surface area contributed by atoms with E-state index in [1.165, 1.54) is 7.11 Å². The van der Waals surface area contributed by atoms with Gasteiger partial charge in [-0.3, -0.25) is 4.79 Å². The van der Waals surface area contributed by atoms with Crippen molar-refractivity contribution in [3.63, 3.8) is 0 Å². The molecule has 1 atom stereocenters. The van der Waals surface area contributed by atoms with Crippen molar-refractivity contribution in [3.05, 3.63) is 64.3 Å². The number of nitrogens with one attached hydrogen (secondary N) is 3. The summed E-state index contributed by atoms with van der Waals surface area (Å²) in [6.45, 7) is 4.06. The molecule has 0 saturated heterocycles. The van der Waals surface area contributed by atoms with Gasteiger partial charge in [0.2, 0.25) is 0 Å². The fourth-order valence-corrected chi connectivity index (χ4v) is 3.24. The van der Waals surface area contributed by atoms with Gasteiger partial charge < -0.3 is 25.4 Å². The van der Waals surface area contributed by atoms with Crippen molar-refractivity contribution in [1.29, 1.82) is 0 Å². The minimum absolute atomic E-state index is 0.338. The van der Waals surface area contributed by atoms with Crippen LogP contribution in [-0.2, 0) is 4.79 Å². The van der Waals surface area contributed by atoms with Gasteiger partial charge in [0.05, 0.1) is 25.3 Å². The molecule has 0 fully saturated rings. The van der Waals surface area contributed by atoms with Gasteiger partial charge in [-0.1, -0.05) is 17.7 Å². The van der Waals surface area contributed by atoms with Crippen molar-refractivity contribution in [1.82, 2.24) is 10.6 Å². The highest BCUT2D eigenvalue weighted by Gasteiger charge is 2.31. The van der Waals surface area contributed by atoms with Crippen LogP contribution >= 0.6 is 11.6 Å². The number of methoxy groups -OCH3 is 1. The Labute approximate surface area is 174 Å². The lowest BCUT2D eigenvalue weighted by Gasteiger charge is -2.29. The fourth-order valence-electron chi connectivity index (χ4n) is 3.12. The summed E-state index contributed by atoms with van der Waals surface area (Å²) in [7, 11) is 1.54. The van der Waals surface area contributed by atoms with E-state index in [4.69, 9.17) is 21.1 Å². The maximum Gasteiger partial charge on any atom is 0.319 e. The number of benzene rings is 2. The topological polar surface area (TPSA) is 88.7 Å². The number of carbonyl (C=O) groups is 2. The molecule has 3 amide bonds. The number of anilines is 1. The van der Waals surface area contributed by atoms with Crippen LogP contribution in [0.5, 0.6) is 11.5 Å². The van der Waals surface area contributed by atoms with Gasteiger partial charge in [-0.25, -0.2) is 4.79 Å². The van der Waals surface area contributed by atoms with Crippen LogP contribution in [0.15, 0.2) is 53.7 Å². The number of rotatable bonds is 6. The van der Waals surface area contributed by atoms with E-state index in [0.717, 1.165) is 0 Å². The maximum atomic E-state index is 13.0. The lowest BCUT2D eigenvalue weighted by atomic mass is 9.94. The molecule has 8 heteroatoms. The van der Waals surface area contributed by atoms with Crippen LogP contribution < -0.4 is 25.4 Å². The van der Waals surface area contributed by atoms with Crippen LogP contribution in [0.3, 0.4) is 0 Å². The van der Waals surface area contributed by atoms with Crippen molar-refractivity contribution in [2.45, 2.75) is 19.9 Å². The number of carbonyl (C=O) groups excluding carboxylic acids is 2. The molecule has 0 aromatic heterocycles. The Balaban J connectivity index is 1.95. The van der Waals surface area contributed by atoms with E-state index in [1.807, 2.05) is 6.92 Å². The van der Waals surface area contributed by atoms with E-state index in [-0.39, 0.29) is 11.9 Å². The van der Waals surface area contributed by atoms with Crippen LogP contribution in [0.4, 0.5) is 10.5 Å². The first-order chi connectivity index (χ1) is 13.9. The fraction of sp³-hybridized carbons (Fsp3) is 0.238. The maximum absolute atomic E-state index is 13.0. The molecule has 0 saturated carbocycles. The summed E-state index contributed by atoms with van der Waals surface area (Å²) in [4.78, 5) is 25.1. The molecule has 1 heterocycles. The minimum Gasteiger partial charge on any atom is -0.493 e. The lowest BCUT2D eigenvalue weighted by molar-refractivity contribution is -0.113. The smallest absolute Gasteiger partial charge is 0.319 e. The van der Waals surface area contributed by atoms with E-state index in [0.29, 0.717) is 45.6 Å². The highest BCUT2D eigenvalue weighted by Crippen LogP contribution is 2.34. The normalized spacial score (nSPS) is 16.0.